The van der Waals surface area contributed by atoms with E-state index < -0.39 is 5.60 Å². The minimum atomic E-state index is -0.827. The van der Waals surface area contributed by atoms with Gasteiger partial charge in [0.05, 0.1) is 9.68 Å². The average Bonchev–Trinajstić information content (AvgIpc) is 2.82. The lowest BCUT2D eigenvalue weighted by atomic mass is 9.89. The van der Waals surface area contributed by atoms with Crippen molar-refractivity contribution in [2.24, 2.45) is 5.92 Å². The summed E-state index contributed by atoms with van der Waals surface area (Å²) in [7, 11) is 0. The van der Waals surface area contributed by atoms with Crippen molar-refractivity contribution in [1.29, 1.82) is 0 Å². The molecule has 176 valence electrons. The molecule has 0 aliphatic rings. The molecule has 0 amide bonds. The van der Waals surface area contributed by atoms with Crippen LogP contribution in [0.25, 0.3) is 0 Å². The molecule has 0 aliphatic carbocycles. The summed E-state index contributed by atoms with van der Waals surface area (Å²) < 4.78 is -0.120. The number of hydrogen-bond donors (Lipinski definition) is 1. The molecule has 0 saturated heterocycles. The van der Waals surface area contributed by atoms with E-state index in [0.717, 1.165) is 19.3 Å². The van der Waals surface area contributed by atoms with Gasteiger partial charge < -0.3 is 5.11 Å². The predicted octanol–water partition coefficient (Wildman–Crippen LogP) is 9.03. The Morgan fingerprint density at radius 1 is 0.727 bits per heavy atom. The van der Waals surface area contributed by atoms with Crippen LogP contribution < -0.4 is 0 Å². The monoisotopic (exact) mass is 496 g/mol. The quantitative estimate of drug-likeness (QED) is 0.199. The summed E-state index contributed by atoms with van der Waals surface area (Å²) >= 11 is 5.75. The normalized spacial score (nSPS) is 14.1. The van der Waals surface area contributed by atoms with Gasteiger partial charge in [0.2, 0.25) is 0 Å². The molecule has 2 atom stereocenters. The molecule has 0 heterocycles. The molecule has 0 bridgehead atoms. The molecular weight excluding hydrogens is 461 g/mol. The van der Waals surface area contributed by atoms with Crippen molar-refractivity contribution in [3.63, 3.8) is 0 Å². The fourth-order valence-electron chi connectivity index (χ4n) is 4.07. The van der Waals surface area contributed by atoms with Crippen molar-refractivity contribution < 1.29 is 5.11 Å². The van der Waals surface area contributed by atoms with E-state index in [1.165, 1.54) is 14.7 Å². The number of thioether (sulfide) groups is 3. The highest BCUT2D eigenvalue weighted by molar-refractivity contribution is 8.18. The van der Waals surface area contributed by atoms with Crippen LogP contribution in [0.1, 0.15) is 47.0 Å². The Kier molecular flexibility index (Phi) is 9.87. The van der Waals surface area contributed by atoms with E-state index in [1.54, 1.807) is 0 Å². The highest BCUT2D eigenvalue weighted by atomic mass is 32.2. The van der Waals surface area contributed by atoms with E-state index in [1.807, 2.05) is 49.1 Å². The molecule has 0 radical (unpaired) electrons. The van der Waals surface area contributed by atoms with Gasteiger partial charge in [0.15, 0.2) is 0 Å². The van der Waals surface area contributed by atoms with Crippen molar-refractivity contribution in [2.75, 3.05) is 0 Å². The number of hydrogen-bond acceptors (Lipinski definition) is 4. The second kappa shape index (κ2) is 12.4. The Bertz CT molecular complexity index is 897. The zero-order valence-electron chi connectivity index (χ0n) is 20.1. The van der Waals surface area contributed by atoms with Gasteiger partial charge in [-0.25, -0.2) is 0 Å². The SMILES string of the molecule is CCCCC(Sc1ccccc1)(Sc1ccccc1)[C@H](C)[C@@H](Sc1ccccc1)C(C)(C)O. The smallest absolute Gasteiger partial charge is 0.0742 e. The van der Waals surface area contributed by atoms with Crippen LogP contribution >= 0.6 is 35.3 Å². The van der Waals surface area contributed by atoms with Gasteiger partial charge in [-0.1, -0.05) is 81.3 Å². The topological polar surface area (TPSA) is 20.2 Å². The van der Waals surface area contributed by atoms with E-state index in [9.17, 15) is 5.11 Å². The van der Waals surface area contributed by atoms with Gasteiger partial charge in [0, 0.05) is 19.9 Å². The van der Waals surface area contributed by atoms with Crippen molar-refractivity contribution in [1.82, 2.24) is 0 Å². The third kappa shape index (κ3) is 7.58. The van der Waals surface area contributed by atoms with Crippen LogP contribution in [0.4, 0.5) is 0 Å². The molecular formula is C29H36OS3. The Balaban J connectivity index is 2.06. The number of benzene rings is 3. The molecule has 0 fully saturated rings. The summed E-state index contributed by atoms with van der Waals surface area (Å²) in [6.45, 7) is 8.55. The highest BCUT2D eigenvalue weighted by Gasteiger charge is 2.46. The van der Waals surface area contributed by atoms with Crippen LogP contribution in [0.3, 0.4) is 0 Å². The maximum atomic E-state index is 11.4. The van der Waals surface area contributed by atoms with E-state index in [-0.39, 0.29) is 15.2 Å². The highest BCUT2D eigenvalue weighted by Crippen LogP contribution is 2.57. The summed E-state index contributed by atoms with van der Waals surface area (Å²) in [6.07, 6.45) is 3.38. The number of aliphatic hydroxyl groups is 1. The number of rotatable bonds is 12. The van der Waals surface area contributed by atoms with Gasteiger partial charge >= 0.3 is 0 Å². The summed E-state index contributed by atoms with van der Waals surface area (Å²) in [5, 5.41) is 11.4. The lowest BCUT2D eigenvalue weighted by molar-refractivity contribution is 0.0604. The van der Waals surface area contributed by atoms with Crippen LogP contribution in [0.2, 0.25) is 0 Å². The maximum absolute atomic E-state index is 11.4. The lowest BCUT2D eigenvalue weighted by Gasteiger charge is -2.45. The minimum absolute atomic E-state index is 0.0316. The molecule has 3 rings (SSSR count). The summed E-state index contributed by atoms with van der Waals surface area (Å²) in [6, 6.07) is 32.0. The zero-order chi connectivity index (χ0) is 23.7. The van der Waals surface area contributed by atoms with Gasteiger partial charge in [0.25, 0.3) is 0 Å². The van der Waals surface area contributed by atoms with Crippen LogP contribution in [-0.4, -0.2) is 20.0 Å². The molecule has 3 aromatic rings. The van der Waals surface area contributed by atoms with Gasteiger partial charge in [-0.15, -0.1) is 35.3 Å². The molecule has 0 saturated carbocycles. The van der Waals surface area contributed by atoms with Crippen molar-refractivity contribution in [2.45, 2.75) is 76.6 Å². The van der Waals surface area contributed by atoms with E-state index in [2.05, 4.69) is 105 Å². The summed E-state index contributed by atoms with van der Waals surface area (Å²) in [4.78, 5) is 3.77. The molecule has 4 heteroatoms. The van der Waals surface area contributed by atoms with E-state index in [4.69, 9.17) is 0 Å². The van der Waals surface area contributed by atoms with E-state index >= 15 is 0 Å². The maximum Gasteiger partial charge on any atom is 0.0742 e. The molecule has 0 unspecified atom stereocenters. The molecule has 33 heavy (non-hydrogen) atoms. The third-order valence-corrected chi connectivity index (χ3v) is 10.9. The zero-order valence-corrected chi connectivity index (χ0v) is 22.6. The fraction of sp³-hybridized carbons (Fsp3) is 0.379. The lowest BCUT2D eigenvalue weighted by Crippen LogP contribution is -2.46. The van der Waals surface area contributed by atoms with Crippen LogP contribution in [-0.2, 0) is 0 Å². The van der Waals surface area contributed by atoms with Crippen molar-refractivity contribution in [3.05, 3.63) is 91.0 Å². The molecule has 0 spiro atoms. The Hall–Kier alpha value is -1.33. The van der Waals surface area contributed by atoms with Gasteiger partial charge in [-0.05, 0) is 62.6 Å². The van der Waals surface area contributed by atoms with Gasteiger partial charge in [-0.3, -0.25) is 0 Å². The molecule has 0 aliphatic heterocycles. The predicted molar refractivity (Wildman–Crippen MR) is 148 cm³/mol. The minimum Gasteiger partial charge on any atom is -0.389 e. The third-order valence-electron chi connectivity index (χ3n) is 5.80. The van der Waals surface area contributed by atoms with Crippen molar-refractivity contribution >= 4 is 35.3 Å². The second-order valence-corrected chi connectivity index (χ2v) is 13.3. The van der Waals surface area contributed by atoms with Crippen LogP contribution in [0, 0.1) is 5.92 Å². The molecule has 1 N–H and O–H groups in total. The molecule has 1 nitrogen and oxygen atoms in total. The Morgan fingerprint density at radius 3 is 1.55 bits per heavy atom. The first-order valence-electron chi connectivity index (χ1n) is 11.8. The second-order valence-electron chi connectivity index (χ2n) is 9.04. The fourth-order valence-corrected chi connectivity index (χ4v) is 8.84. The summed E-state index contributed by atoms with van der Waals surface area (Å²) in [5.74, 6) is 0.227. The number of unbranched alkanes of at least 4 members (excludes halogenated alkanes) is 1. The first-order chi connectivity index (χ1) is 15.8. The van der Waals surface area contributed by atoms with Crippen molar-refractivity contribution in [3.8, 4) is 0 Å². The largest absolute Gasteiger partial charge is 0.389 e. The first-order valence-corrected chi connectivity index (χ1v) is 14.3. The molecule has 0 aromatic heterocycles. The standard InChI is InChI=1S/C29H36OS3/c1-5-6-22-29(32-25-18-12-8-13-19-25,33-26-20-14-9-15-21-26)23(2)27(28(3,4)30)31-24-16-10-7-11-17-24/h7-21,23,27,30H,5-6,22H2,1-4H3/t23-,27-/m1/s1. The Morgan fingerprint density at radius 2 is 1.15 bits per heavy atom. The van der Waals surface area contributed by atoms with Crippen LogP contribution in [0.15, 0.2) is 106 Å². The molecule has 3 aromatic carbocycles. The Labute approximate surface area is 213 Å². The first kappa shape index (κ1) is 26.3. The van der Waals surface area contributed by atoms with Crippen LogP contribution in [0.5, 0.6) is 0 Å². The average molecular weight is 497 g/mol. The summed E-state index contributed by atoms with van der Waals surface area (Å²) in [5.41, 5.74) is -0.827. The van der Waals surface area contributed by atoms with Gasteiger partial charge in [-0.2, -0.15) is 0 Å². The van der Waals surface area contributed by atoms with Gasteiger partial charge in [0.1, 0.15) is 0 Å². The van der Waals surface area contributed by atoms with E-state index in [0.29, 0.717) is 0 Å².